The Morgan fingerprint density at radius 2 is 1.81 bits per heavy atom. The normalized spacial score (nSPS) is 27.9. The Kier molecular flexibility index (Phi) is 12.4. The van der Waals surface area contributed by atoms with Gasteiger partial charge in [0.2, 0.25) is 5.91 Å². The van der Waals surface area contributed by atoms with E-state index in [4.69, 9.17) is 10.6 Å². The van der Waals surface area contributed by atoms with Gasteiger partial charge in [0.15, 0.2) is 0 Å². The first-order valence-corrected chi connectivity index (χ1v) is 19.7. The van der Waals surface area contributed by atoms with E-state index < -0.39 is 24.2 Å². The Morgan fingerprint density at radius 1 is 1.11 bits per heavy atom. The van der Waals surface area contributed by atoms with Gasteiger partial charge in [0.05, 0.1) is 18.8 Å². The van der Waals surface area contributed by atoms with Gasteiger partial charge >= 0.3 is 0 Å². The van der Waals surface area contributed by atoms with Gasteiger partial charge in [-0.05, 0) is 116 Å². The van der Waals surface area contributed by atoms with Crippen LogP contribution in [0.3, 0.4) is 0 Å². The molecule has 6 rings (SSSR count). The Labute approximate surface area is 319 Å². The average molecular weight is 733 g/mol. The molecule has 0 radical (unpaired) electrons. The molecule has 2 aromatic carbocycles. The molecule has 10 nitrogen and oxygen atoms in total. The van der Waals surface area contributed by atoms with E-state index in [0.29, 0.717) is 35.3 Å². The SMILES string of the molecule is Cc1c(CN2O[C@@H](CN)[C@@H]([C@H](C)O)[C@H]2C(=O)NC2C[C@@H]3C[C@H]([C@@H]2C)C3(C)C)cccc1-c1cc(C(=O)N[C@H](CN(C)C)CC(C)(C)C)cc(N(C)C)c1. The highest BCUT2D eigenvalue weighted by atomic mass is 16.7. The maximum Gasteiger partial charge on any atom is 0.251 e. The van der Waals surface area contributed by atoms with Gasteiger partial charge in [-0.3, -0.25) is 14.4 Å². The highest BCUT2D eigenvalue weighted by Crippen LogP contribution is 2.61. The van der Waals surface area contributed by atoms with E-state index in [9.17, 15) is 14.7 Å². The van der Waals surface area contributed by atoms with Crippen molar-refractivity contribution in [2.24, 2.45) is 40.2 Å². The first-order chi connectivity index (χ1) is 24.7. The summed E-state index contributed by atoms with van der Waals surface area (Å²) in [7, 11) is 8.03. The number of hydroxylamine groups is 2. The third-order valence-electron chi connectivity index (χ3n) is 12.7. The summed E-state index contributed by atoms with van der Waals surface area (Å²) in [4.78, 5) is 38.7. The molecule has 2 aromatic rings. The Hall–Kier alpha value is -3.02. The zero-order chi connectivity index (χ0) is 39.2. The molecule has 3 saturated carbocycles. The van der Waals surface area contributed by atoms with Crippen LogP contribution in [0.25, 0.3) is 11.1 Å². The second-order valence-corrected chi connectivity index (χ2v) is 18.7. The van der Waals surface area contributed by atoms with Crippen molar-refractivity contribution in [2.45, 2.75) is 112 Å². The molecule has 4 fully saturated rings. The summed E-state index contributed by atoms with van der Waals surface area (Å²) < 4.78 is 0. The van der Waals surface area contributed by atoms with Gasteiger partial charge < -0.3 is 31.3 Å². The lowest BCUT2D eigenvalue weighted by Gasteiger charge is -2.62. The van der Waals surface area contributed by atoms with Crippen LogP contribution in [-0.4, -0.2) is 98.5 Å². The van der Waals surface area contributed by atoms with Crippen molar-refractivity contribution in [3.05, 3.63) is 53.1 Å². The Bertz CT molecular complexity index is 1620. The van der Waals surface area contributed by atoms with E-state index in [2.05, 4.69) is 82.2 Å². The van der Waals surface area contributed by atoms with Gasteiger partial charge in [0, 0.05) is 56.4 Å². The molecule has 5 N–H and O–H groups in total. The quantitative estimate of drug-likeness (QED) is 0.215. The Balaban J connectivity index is 1.42. The lowest BCUT2D eigenvalue weighted by Crippen LogP contribution is -2.62. The molecule has 1 saturated heterocycles. The molecule has 0 spiro atoms. The maximum atomic E-state index is 14.3. The molecule has 0 aromatic heterocycles. The summed E-state index contributed by atoms with van der Waals surface area (Å²) in [5.74, 6) is 0.916. The Morgan fingerprint density at radius 3 is 2.38 bits per heavy atom. The number of nitrogens with zero attached hydrogens (tertiary/aromatic N) is 3. The fourth-order valence-corrected chi connectivity index (χ4v) is 9.63. The summed E-state index contributed by atoms with van der Waals surface area (Å²) in [5, 5.41) is 19.5. The number of carbonyl (C=O) groups excluding carboxylic acids is 2. The predicted octanol–water partition coefficient (Wildman–Crippen LogP) is 5.45. The van der Waals surface area contributed by atoms with Crippen LogP contribution in [-0.2, 0) is 16.2 Å². The van der Waals surface area contributed by atoms with Gasteiger partial charge in [-0.2, -0.15) is 5.06 Å². The summed E-state index contributed by atoms with van der Waals surface area (Å²) in [6, 6.07) is 11.6. The molecule has 3 aliphatic carbocycles. The lowest BCUT2D eigenvalue weighted by atomic mass is 9.45. The first-order valence-electron chi connectivity index (χ1n) is 19.7. The van der Waals surface area contributed by atoms with Crippen molar-refractivity contribution in [2.75, 3.05) is 46.2 Å². The summed E-state index contributed by atoms with van der Waals surface area (Å²) in [6.45, 7) is 18.7. The number of hydrogen-bond donors (Lipinski definition) is 4. The number of likely N-dealkylation sites (N-methyl/N-ethyl adjacent to an activating group) is 1. The highest BCUT2D eigenvalue weighted by Gasteiger charge is 2.57. The fraction of sp³-hybridized carbons (Fsp3) is 0.674. The highest BCUT2D eigenvalue weighted by molar-refractivity contribution is 5.97. The minimum absolute atomic E-state index is 0.00121. The van der Waals surface area contributed by atoms with Crippen LogP contribution in [0.4, 0.5) is 5.69 Å². The molecule has 4 aliphatic rings. The van der Waals surface area contributed by atoms with Gasteiger partial charge in [-0.25, -0.2) is 0 Å². The van der Waals surface area contributed by atoms with Crippen LogP contribution in [0.1, 0.15) is 89.2 Å². The molecule has 2 amide bonds. The van der Waals surface area contributed by atoms with E-state index in [0.717, 1.165) is 47.3 Å². The fourth-order valence-electron chi connectivity index (χ4n) is 9.63. The minimum Gasteiger partial charge on any atom is -0.393 e. The molecule has 1 heterocycles. The number of nitrogens with two attached hydrogens (primary N) is 1. The largest absolute Gasteiger partial charge is 0.393 e. The van der Waals surface area contributed by atoms with Crippen molar-refractivity contribution in [3.8, 4) is 11.1 Å². The number of benzene rings is 2. The average Bonchev–Trinajstić information content (AvgIpc) is 3.43. The molecular formula is C43H68N6O4. The zero-order valence-corrected chi connectivity index (χ0v) is 34.5. The zero-order valence-electron chi connectivity index (χ0n) is 34.5. The first kappa shape index (κ1) is 41.1. The number of aliphatic hydroxyl groups excluding tert-OH is 1. The number of rotatable bonds is 13. The van der Waals surface area contributed by atoms with E-state index >= 15 is 0 Å². The van der Waals surface area contributed by atoms with Gasteiger partial charge in [-0.1, -0.05) is 59.7 Å². The second kappa shape index (κ2) is 16.0. The van der Waals surface area contributed by atoms with E-state index in [1.54, 1.807) is 12.0 Å². The third kappa shape index (κ3) is 8.94. The van der Waals surface area contributed by atoms with Gasteiger partial charge in [-0.15, -0.1) is 0 Å². The lowest BCUT2D eigenvalue weighted by molar-refractivity contribution is -0.175. The van der Waals surface area contributed by atoms with Crippen molar-refractivity contribution >= 4 is 17.5 Å². The van der Waals surface area contributed by atoms with Crippen molar-refractivity contribution in [3.63, 3.8) is 0 Å². The van der Waals surface area contributed by atoms with Gasteiger partial charge in [0.1, 0.15) is 6.04 Å². The molecule has 9 atom stereocenters. The van der Waals surface area contributed by atoms with Crippen LogP contribution in [0.2, 0.25) is 0 Å². The third-order valence-corrected chi connectivity index (χ3v) is 12.7. The molecule has 10 heteroatoms. The molecular weight excluding hydrogens is 665 g/mol. The van der Waals surface area contributed by atoms with E-state index in [1.807, 2.05) is 51.3 Å². The number of hydrogen-bond acceptors (Lipinski definition) is 8. The topological polar surface area (TPSA) is 123 Å². The van der Waals surface area contributed by atoms with Crippen molar-refractivity contribution in [1.29, 1.82) is 0 Å². The summed E-state index contributed by atoms with van der Waals surface area (Å²) in [6.07, 6.45) is 1.79. The number of aliphatic hydroxyl groups is 1. The monoisotopic (exact) mass is 733 g/mol. The number of nitrogens with one attached hydrogen (secondary N) is 2. The van der Waals surface area contributed by atoms with E-state index in [1.165, 1.54) is 6.42 Å². The standard InChI is InChI=1S/C43H68N6O4/c1-25-28(23-49-39(38(27(3)50)37(22-44)53-49)41(52)46-36-20-31-19-35(26(36)2)43(31,7)8)14-13-15-34(25)29-16-30(18-33(17-29)48(11)12)40(51)45-32(24-47(9)10)21-42(4,5)6/h13-18,26-27,31-32,35-39,50H,19-24,44H2,1-12H3,(H,45,51)(H,46,52)/t26-,27-,31-,32-,35+,36?,37-,38+,39-/m0/s1. The number of fused-ring (bicyclic) bond motifs is 2. The molecule has 1 unspecified atom stereocenters. The number of amides is 2. The molecule has 294 valence electrons. The molecule has 53 heavy (non-hydrogen) atoms. The van der Waals surface area contributed by atoms with Crippen LogP contribution in [0.15, 0.2) is 36.4 Å². The van der Waals surface area contributed by atoms with Crippen molar-refractivity contribution < 1.29 is 19.5 Å². The van der Waals surface area contributed by atoms with Crippen molar-refractivity contribution in [1.82, 2.24) is 20.6 Å². The number of anilines is 1. The van der Waals surface area contributed by atoms with Crippen LogP contribution >= 0.6 is 0 Å². The molecule has 2 bridgehead atoms. The van der Waals surface area contributed by atoms with E-state index in [-0.39, 0.29) is 35.9 Å². The van der Waals surface area contributed by atoms with Crippen LogP contribution in [0, 0.1) is 41.4 Å². The van der Waals surface area contributed by atoms with Crippen LogP contribution in [0.5, 0.6) is 0 Å². The maximum absolute atomic E-state index is 14.3. The predicted molar refractivity (Wildman–Crippen MR) is 214 cm³/mol. The summed E-state index contributed by atoms with van der Waals surface area (Å²) in [5.41, 5.74) is 12.1. The smallest absolute Gasteiger partial charge is 0.251 e. The molecule has 1 aliphatic heterocycles. The van der Waals surface area contributed by atoms with Crippen LogP contribution < -0.4 is 21.3 Å². The summed E-state index contributed by atoms with van der Waals surface area (Å²) >= 11 is 0. The van der Waals surface area contributed by atoms with Gasteiger partial charge in [0.25, 0.3) is 5.91 Å². The number of carbonyl (C=O) groups is 2. The second-order valence-electron chi connectivity index (χ2n) is 18.7. The minimum atomic E-state index is -0.785.